The number of aromatic nitrogens is 2. The van der Waals surface area contributed by atoms with Gasteiger partial charge in [0.25, 0.3) is 0 Å². The van der Waals surface area contributed by atoms with Crippen LogP contribution >= 0.6 is 0 Å². The Morgan fingerprint density at radius 2 is 0.911 bits per heavy atom. The van der Waals surface area contributed by atoms with Crippen molar-refractivity contribution in [1.29, 1.82) is 5.26 Å². The van der Waals surface area contributed by atoms with Crippen LogP contribution in [0.2, 0.25) is 0 Å². The molecule has 7 aromatic carbocycles. The molecule has 0 bridgehead atoms. The fraction of sp³-hybridized carbons (Fsp3) is 0.113. The Morgan fingerprint density at radius 1 is 0.393 bits per heavy atom. The number of fused-ring (bicyclic) bond motifs is 5. The zero-order valence-corrected chi connectivity index (χ0v) is 31.1. The number of hydrogen-bond acceptors (Lipinski definition) is 3. The van der Waals surface area contributed by atoms with E-state index in [9.17, 15) is 5.26 Å². The summed E-state index contributed by atoms with van der Waals surface area (Å²) >= 11 is 0. The number of rotatable bonds is 6. The van der Waals surface area contributed by atoms with Crippen LogP contribution in [0.4, 0.5) is 0 Å². The molecule has 0 aliphatic heterocycles. The Kier molecular flexibility index (Phi) is 8.46. The second kappa shape index (κ2) is 14.1. The molecular weight excluding hydrogens is 679 g/mol. The summed E-state index contributed by atoms with van der Waals surface area (Å²) in [5, 5.41) is 9.70. The van der Waals surface area contributed by atoms with E-state index in [0.29, 0.717) is 5.82 Å². The van der Waals surface area contributed by atoms with Gasteiger partial charge in [-0.3, -0.25) is 0 Å². The normalized spacial score (nSPS) is 13.8. The quantitative estimate of drug-likeness (QED) is 0.172. The molecule has 2 aliphatic carbocycles. The molecule has 3 heteroatoms. The monoisotopic (exact) mass is 717 g/mol. The van der Waals surface area contributed by atoms with E-state index in [1.807, 2.05) is 42.5 Å². The van der Waals surface area contributed by atoms with E-state index in [4.69, 9.17) is 9.97 Å². The van der Waals surface area contributed by atoms with E-state index in [1.54, 1.807) is 0 Å². The maximum absolute atomic E-state index is 9.70. The summed E-state index contributed by atoms with van der Waals surface area (Å²) in [5.41, 5.74) is 18.2. The highest BCUT2D eigenvalue weighted by Crippen LogP contribution is 2.56. The molecule has 0 radical (unpaired) electrons. The highest BCUT2D eigenvalue weighted by Gasteiger charge is 2.43. The predicted octanol–water partition coefficient (Wildman–Crippen LogP) is 13.6. The summed E-state index contributed by atoms with van der Waals surface area (Å²) in [6, 6.07) is 64.9. The van der Waals surface area contributed by atoms with Crippen molar-refractivity contribution in [2.24, 2.45) is 0 Å². The van der Waals surface area contributed by atoms with Crippen LogP contribution in [0.25, 0.3) is 78.4 Å². The second-order valence-corrected chi connectivity index (χ2v) is 15.2. The summed E-state index contributed by atoms with van der Waals surface area (Å²) in [6.45, 7) is 0. The summed E-state index contributed by atoms with van der Waals surface area (Å²) in [7, 11) is 0. The number of benzene rings is 7. The van der Waals surface area contributed by atoms with Crippen molar-refractivity contribution in [3.8, 4) is 84.5 Å². The zero-order valence-electron chi connectivity index (χ0n) is 31.1. The third-order valence-electron chi connectivity index (χ3n) is 11.9. The van der Waals surface area contributed by atoms with E-state index in [0.717, 1.165) is 39.2 Å². The number of nitriles is 1. The van der Waals surface area contributed by atoms with Gasteiger partial charge in [-0.1, -0.05) is 159 Å². The fourth-order valence-electron chi connectivity index (χ4n) is 9.11. The van der Waals surface area contributed by atoms with Crippen molar-refractivity contribution in [3.63, 3.8) is 0 Å². The Morgan fingerprint density at radius 3 is 1.54 bits per heavy atom. The molecule has 266 valence electrons. The van der Waals surface area contributed by atoms with Crippen molar-refractivity contribution in [3.05, 3.63) is 193 Å². The number of hydrogen-bond donors (Lipinski definition) is 0. The average Bonchev–Trinajstić information content (AvgIpc) is 3.54. The third kappa shape index (κ3) is 6.01. The van der Waals surface area contributed by atoms with Gasteiger partial charge in [0.15, 0.2) is 5.82 Å². The lowest BCUT2D eigenvalue weighted by Crippen LogP contribution is -2.28. The standard InChI is InChI=1S/C53H39N3/c54-35-36-20-27-48-47(30-36)46-26-25-45(33-49(46)53(48)28-8-3-9-29-53)44-19-11-18-43(32-44)42-17-10-16-41(31-42)37-21-23-39(24-22-37)51-34-50(38-12-4-1-5-13-38)55-52(56-51)40-14-6-2-7-15-40/h1-2,4-7,10-27,30-34H,3,8-9,28-29H2. The lowest BCUT2D eigenvalue weighted by molar-refractivity contribution is 0.353. The van der Waals surface area contributed by atoms with Crippen LogP contribution < -0.4 is 0 Å². The number of nitrogens with zero attached hydrogens (tertiary/aromatic N) is 3. The van der Waals surface area contributed by atoms with E-state index in [2.05, 4.69) is 140 Å². The van der Waals surface area contributed by atoms with Crippen LogP contribution in [-0.2, 0) is 5.41 Å². The first kappa shape index (κ1) is 33.7. The topological polar surface area (TPSA) is 49.6 Å². The molecular formula is C53H39N3. The Balaban J connectivity index is 0.961. The fourth-order valence-corrected chi connectivity index (χ4v) is 9.11. The van der Waals surface area contributed by atoms with E-state index < -0.39 is 0 Å². The second-order valence-electron chi connectivity index (χ2n) is 15.2. The SMILES string of the molecule is N#Cc1ccc2c(c1)-c1ccc(-c3cccc(-c4cccc(-c5ccc(-c6cc(-c7ccccc7)nc(-c7ccccc7)n6)cc5)c4)c3)cc1C21CCCCC1. The molecule has 0 atom stereocenters. The highest BCUT2D eigenvalue weighted by atomic mass is 14.9. The van der Waals surface area contributed by atoms with Crippen LogP contribution in [0.3, 0.4) is 0 Å². The molecule has 0 N–H and O–H groups in total. The van der Waals surface area contributed by atoms with Gasteiger partial charge in [-0.15, -0.1) is 0 Å². The van der Waals surface area contributed by atoms with Gasteiger partial charge in [-0.2, -0.15) is 5.26 Å². The Hall–Kier alpha value is -6.89. The van der Waals surface area contributed by atoms with Crippen molar-refractivity contribution in [1.82, 2.24) is 9.97 Å². The predicted molar refractivity (Wildman–Crippen MR) is 229 cm³/mol. The van der Waals surface area contributed by atoms with Crippen LogP contribution in [0.5, 0.6) is 0 Å². The average molecular weight is 718 g/mol. The molecule has 2 aliphatic rings. The van der Waals surface area contributed by atoms with Gasteiger partial charge in [0.05, 0.1) is 23.0 Å². The molecule has 1 spiro atoms. The molecule has 1 heterocycles. The smallest absolute Gasteiger partial charge is 0.160 e. The Labute approximate surface area is 328 Å². The molecule has 1 fully saturated rings. The Bertz CT molecular complexity index is 2710. The van der Waals surface area contributed by atoms with E-state index >= 15 is 0 Å². The minimum absolute atomic E-state index is 0.0379. The van der Waals surface area contributed by atoms with Crippen molar-refractivity contribution in [2.45, 2.75) is 37.5 Å². The molecule has 56 heavy (non-hydrogen) atoms. The van der Waals surface area contributed by atoms with E-state index in [1.165, 1.54) is 82.2 Å². The van der Waals surface area contributed by atoms with Crippen molar-refractivity contribution >= 4 is 0 Å². The van der Waals surface area contributed by atoms with Gasteiger partial charge in [-0.25, -0.2) is 9.97 Å². The lowest BCUT2D eigenvalue weighted by atomic mass is 9.67. The first-order chi connectivity index (χ1) is 27.6. The van der Waals surface area contributed by atoms with E-state index in [-0.39, 0.29) is 5.41 Å². The van der Waals surface area contributed by atoms with Crippen LogP contribution in [0, 0.1) is 11.3 Å². The van der Waals surface area contributed by atoms with Crippen LogP contribution in [0.1, 0.15) is 48.8 Å². The molecule has 1 aromatic heterocycles. The summed E-state index contributed by atoms with van der Waals surface area (Å²) < 4.78 is 0. The first-order valence-electron chi connectivity index (χ1n) is 19.7. The van der Waals surface area contributed by atoms with Gasteiger partial charge in [0, 0.05) is 22.1 Å². The molecule has 0 saturated heterocycles. The van der Waals surface area contributed by atoms with Gasteiger partial charge in [0.2, 0.25) is 0 Å². The minimum atomic E-state index is 0.0379. The highest BCUT2D eigenvalue weighted by molar-refractivity contribution is 5.86. The van der Waals surface area contributed by atoms with Gasteiger partial charge in [0.1, 0.15) is 0 Å². The summed E-state index contributed by atoms with van der Waals surface area (Å²) in [5.74, 6) is 0.716. The minimum Gasteiger partial charge on any atom is -0.228 e. The lowest BCUT2D eigenvalue weighted by Gasteiger charge is -2.36. The zero-order chi connectivity index (χ0) is 37.5. The molecule has 3 nitrogen and oxygen atoms in total. The third-order valence-corrected chi connectivity index (χ3v) is 11.9. The van der Waals surface area contributed by atoms with Gasteiger partial charge >= 0.3 is 0 Å². The summed E-state index contributed by atoms with van der Waals surface area (Å²) in [4.78, 5) is 9.98. The first-order valence-corrected chi connectivity index (χ1v) is 19.7. The van der Waals surface area contributed by atoms with Crippen molar-refractivity contribution in [2.75, 3.05) is 0 Å². The summed E-state index contributed by atoms with van der Waals surface area (Å²) in [6.07, 6.45) is 6.10. The van der Waals surface area contributed by atoms with Gasteiger partial charge < -0.3 is 0 Å². The van der Waals surface area contributed by atoms with Gasteiger partial charge in [-0.05, 0) is 105 Å². The molecule has 0 unspecified atom stereocenters. The maximum Gasteiger partial charge on any atom is 0.160 e. The van der Waals surface area contributed by atoms with Crippen LogP contribution in [-0.4, -0.2) is 9.97 Å². The van der Waals surface area contributed by atoms with Crippen molar-refractivity contribution < 1.29 is 0 Å². The molecule has 1 saturated carbocycles. The largest absolute Gasteiger partial charge is 0.228 e. The molecule has 8 aromatic rings. The molecule has 10 rings (SSSR count). The maximum atomic E-state index is 9.70. The molecule has 0 amide bonds. The van der Waals surface area contributed by atoms with Crippen LogP contribution in [0.15, 0.2) is 176 Å².